The second kappa shape index (κ2) is 13.6. The molecule has 3 aromatic rings. The van der Waals surface area contributed by atoms with Crippen LogP contribution in [0.3, 0.4) is 0 Å². The number of hydrogen-bond acceptors (Lipinski definition) is 9. The summed E-state index contributed by atoms with van der Waals surface area (Å²) in [5.74, 6) is -1.05. The summed E-state index contributed by atoms with van der Waals surface area (Å²) in [7, 11) is -3.61. The molecule has 42 heavy (non-hydrogen) atoms. The number of carbonyl (C=O) groups is 3. The Kier molecular flexibility index (Phi) is 10.5. The zero-order valence-electron chi connectivity index (χ0n) is 23.8. The van der Waals surface area contributed by atoms with Gasteiger partial charge in [-0.05, 0) is 76.6 Å². The van der Waals surface area contributed by atoms with E-state index in [1.807, 2.05) is 0 Å². The highest BCUT2D eigenvalue weighted by Crippen LogP contribution is 2.26. The molecule has 3 rings (SSSR count). The van der Waals surface area contributed by atoms with Gasteiger partial charge in [-0.3, -0.25) is 9.59 Å². The third kappa shape index (κ3) is 9.70. The Hall–Kier alpha value is -4.23. The van der Waals surface area contributed by atoms with Crippen LogP contribution >= 0.6 is 11.6 Å². The molecule has 0 spiro atoms. The van der Waals surface area contributed by atoms with Crippen LogP contribution in [0.4, 0.5) is 16.3 Å². The Bertz CT molecular complexity index is 1570. The summed E-state index contributed by atoms with van der Waals surface area (Å²) < 4.78 is 35.3. The number of nitrogens with zero attached hydrogens (tertiary/aromatic N) is 2. The molecule has 224 valence electrons. The highest BCUT2D eigenvalue weighted by Gasteiger charge is 2.21. The molecule has 0 saturated heterocycles. The molecule has 0 bridgehead atoms. The maximum Gasteiger partial charge on any atom is 0.407 e. The third-order valence-electron chi connectivity index (χ3n) is 5.34. The van der Waals surface area contributed by atoms with Crippen molar-refractivity contribution in [2.24, 2.45) is 0 Å². The van der Waals surface area contributed by atoms with Crippen molar-refractivity contribution in [2.45, 2.75) is 44.6 Å². The van der Waals surface area contributed by atoms with Crippen molar-refractivity contribution in [3.8, 4) is 5.75 Å². The molecule has 0 aliphatic rings. The molecule has 0 fully saturated rings. The van der Waals surface area contributed by atoms with E-state index >= 15 is 0 Å². The standard InChI is InChI=1S/C28H32ClN5O7S/c1-17-7-11-21(24(32-17)26(36)34-23-12-8-18(29)16-31-23)33-25(35)20-10-9-19(42(5,38)39)15-22(20)40-14-6-13-30-27(37)41-28(2,3)4/h7-12,15-16H,6,13-14H2,1-5H3,(H,30,37)(H,33,35)(H,31,34,36). The predicted octanol–water partition coefficient (Wildman–Crippen LogP) is 4.64. The van der Waals surface area contributed by atoms with E-state index in [4.69, 9.17) is 21.1 Å². The van der Waals surface area contributed by atoms with E-state index in [2.05, 4.69) is 25.9 Å². The van der Waals surface area contributed by atoms with Crippen molar-refractivity contribution in [2.75, 3.05) is 30.0 Å². The van der Waals surface area contributed by atoms with Crippen LogP contribution in [0.2, 0.25) is 5.02 Å². The minimum absolute atomic E-state index is 0.00382. The zero-order valence-corrected chi connectivity index (χ0v) is 25.4. The molecule has 3 N–H and O–H groups in total. The monoisotopic (exact) mass is 617 g/mol. The van der Waals surface area contributed by atoms with Gasteiger partial charge in [-0.1, -0.05) is 11.6 Å². The normalized spacial score (nSPS) is 11.4. The summed E-state index contributed by atoms with van der Waals surface area (Å²) in [6.07, 6.45) is 2.17. The maximum absolute atomic E-state index is 13.4. The molecule has 1 aromatic carbocycles. The van der Waals surface area contributed by atoms with E-state index < -0.39 is 33.3 Å². The van der Waals surface area contributed by atoms with Crippen LogP contribution in [0.5, 0.6) is 5.75 Å². The number of carbonyl (C=O) groups excluding carboxylic acids is 3. The smallest absolute Gasteiger partial charge is 0.407 e. The van der Waals surface area contributed by atoms with Crippen molar-refractivity contribution in [3.63, 3.8) is 0 Å². The number of alkyl carbamates (subject to hydrolysis) is 1. The fraction of sp³-hybridized carbons (Fsp3) is 0.321. The number of aryl methyl sites for hydroxylation is 1. The molecule has 3 amide bonds. The molecule has 2 aromatic heterocycles. The van der Waals surface area contributed by atoms with Gasteiger partial charge in [0.05, 0.1) is 27.8 Å². The van der Waals surface area contributed by atoms with E-state index in [9.17, 15) is 22.8 Å². The molecule has 0 saturated carbocycles. The number of anilines is 2. The van der Waals surface area contributed by atoms with Gasteiger partial charge in [0.25, 0.3) is 11.8 Å². The average Bonchev–Trinajstić information content (AvgIpc) is 2.89. The average molecular weight is 618 g/mol. The van der Waals surface area contributed by atoms with Gasteiger partial charge in [0.1, 0.15) is 17.2 Å². The van der Waals surface area contributed by atoms with Crippen LogP contribution in [0, 0.1) is 6.92 Å². The molecule has 12 nitrogen and oxygen atoms in total. The molecule has 0 radical (unpaired) electrons. The number of nitrogens with one attached hydrogen (secondary N) is 3. The van der Waals surface area contributed by atoms with Gasteiger partial charge in [0, 0.05) is 24.7 Å². The summed E-state index contributed by atoms with van der Waals surface area (Å²) >= 11 is 5.85. The SMILES string of the molecule is Cc1ccc(NC(=O)c2ccc(S(C)(=O)=O)cc2OCCCNC(=O)OC(C)(C)C)c(C(=O)Nc2ccc(Cl)cn2)n1. The van der Waals surface area contributed by atoms with Gasteiger partial charge in [-0.15, -0.1) is 0 Å². The summed E-state index contributed by atoms with van der Waals surface area (Å²) in [5.41, 5.74) is -0.0485. The lowest BCUT2D eigenvalue weighted by Crippen LogP contribution is -2.33. The fourth-order valence-electron chi connectivity index (χ4n) is 3.44. The van der Waals surface area contributed by atoms with Crippen LogP contribution in [0.1, 0.15) is 53.7 Å². The quantitative estimate of drug-likeness (QED) is 0.275. The highest BCUT2D eigenvalue weighted by atomic mass is 35.5. The van der Waals surface area contributed by atoms with E-state index in [0.29, 0.717) is 17.1 Å². The van der Waals surface area contributed by atoms with Gasteiger partial charge in [0.2, 0.25) is 0 Å². The number of rotatable bonds is 10. The first kappa shape index (κ1) is 32.3. The highest BCUT2D eigenvalue weighted by molar-refractivity contribution is 7.90. The molecule has 0 aliphatic heterocycles. The molecular formula is C28H32ClN5O7S. The first-order valence-corrected chi connectivity index (χ1v) is 15.0. The van der Waals surface area contributed by atoms with E-state index in [-0.39, 0.29) is 46.6 Å². The minimum atomic E-state index is -3.61. The zero-order chi connectivity index (χ0) is 31.1. The van der Waals surface area contributed by atoms with Crippen LogP contribution in [-0.4, -0.2) is 61.3 Å². The van der Waals surface area contributed by atoms with Crippen molar-refractivity contribution >= 4 is 50.9 Å². The second-order valence-corrected chi connectivity index (χ2v) is 12.6. The largest absolute Gasteiger partial charge is 0.493 e. The predicted molar refractivity (Wildman–Crippen MR) is 158 cm³/mol. The summed E-state index contributed by atoms with van der Waals surface area (Å²) in [5, 5.41) is 8.27. The number of halogens is 1. The molecule has 0 aliphatic carbocycles. The Morgan fingerprint density at radius 3 is 2.38 bits per heavy atom. The topological polar surface area (TPSA) is 166 Å². The Labute approximate surface area is 249 Å². The number of aromatic nitrogens is 2. The summed E-state index contributed by atoms with van der Waals surface area (Å²) in [4.78, 5) is 46.5. The fourth-order valence-corrected chi connectivity index (χ4v) is 4.19. The second-order valence-electron chi connectivity index (χ2n) is 10.2. The number of pyridine rings is 2. The van der Waals surface area contributed by atoms with Crippen LogP contribution in [0.15, 0.2) is 53.6 Å². The molecule has 0 unspecified atom stereocenters. The van der Waals surface area contributed by atoms with E-state index in [1.54, 1.807) is 39.8 Å². The molecule has 0 atom stereocenters. The Morgan fingerprint density at radius 1 is 1.00 bits per heavy atom. The first-order valence-electron chi connectivity index (χ1n) is 12.8. The number of hydrogen-bond donors (Lipinski definition) is 3. The van der Waals surface area contributed by atoms with Gasteiger partial charge < -0.3 is 25.4 Å². The number of amides is 3. The molecule has 2 heterocycles. The van der Waals surface area contributed by atoms with Gasteiger partial charge in [-0.2, -0.15) is 0 Å². The first-order chi connectivity index (χ1) is 19.6. The molecule has 14 heteroatoms. The third-order valence-corrected chi connectivity index (χ3v) is 6.67. The van der Waals surface area contributed by atoms with Crippen molar-refractivity contribution < 1.29 is 32.3 Å². The van der Waals surface area contributed by atoms with Crippen molar-refractivity contribution in [1.29, 1.82) is 0 Å². The van der Waals surface area contributed by atoms with Crippen LogP contribution < -0.4 is 20.7 Å². The maximum atomic E-state index is 13.4. The summed E-state index contributed by atoms with van der Waals surface area (Å²) in [6, 6.07) is 10.1. The minimum Gasteiger partial charge on any atom is -0.493 e. The number of sulfone groups is 1. The van der Waals surface area contributed by atoms with Crippen molar-refractivity contribution in [1.82, 2.24) is 15.3 Å². The van der Waals surface area contributed by atoms with Crippen LogP contribution in [0.25, 0.3) is 0 Å². The lowest BCUT2D eigenvalue weighted by molar-refractivity contribution is 0.0525. The van der Waals surface area contributed by atoms with Gasteiger partial charge in [-0.25, -0.2) is 23.2 Å². The number of ether oxygens (including phenoxy) is 2. The van der Waals surface area contributed by atoms with E-state index in [0.717, 1.165) is 6.26 Å². The van der Waals surface area contributed by atoms with Crippen molar-refractivity contribution in [3.05, 3.63) is 70.6 Å². The van der Waals surface area contributed by atoms with Gasteiger partial charge >= 0.3 is 6.09 Å². The van der Waals surface area contributed by atoms with Crippen LogP contribution in [-0.2, 0) is 14.6 Å². The van der Waals surface area contributed by atoms with Gasteiger partial charge in [0.15, 0.2) is 15.5 Å². The Balaban J connectivity index is 1.78. The number of benzene rings is 1. The lowest BCUT2D eigenvalue weighted by atomic mass is 10.1. The lowest BCUT2D eigenvalue weighted by Gasteiger charge is -2.19. The summed E-state index contributed by atoms with van der Waals surface area (Å²) in [6.45, 7) is 7.20. The van der Waals surface area contributed by atoms with E-state index in [1.165, 1.54) is 36.5 Å². The molecular weight excluding hydrogens is 586 g/mol. The Morgan fingerprint density at radius 2 is 1.74 bits per heavy atom.